The summed E-state index contributed by atoms with van der Waals surface area (Å²) in [6, 6.07) is 9.99. The molecule has 3 aromatic rings. The van der Waals surface area contributed by atoms with E-state index in [1.54, 1.807) is 20.1 Å². The third-order valence-corrected chi connectivity index (χ3v) is 6.08. The van der Waals surface area contributed by atoms with Crippen LogP contribution in [0.5, 0.6) is 5.75 Å². The zero-order valence-electron chi connectivity index (χ0n) is 16.1. The molecule has 0 amide bonds. The summed E-state index contributed by atoms with van der Waals surface area (Å²) in [6.45, 7) is 4.36. The molecule has 0 unspecified atom stereocenters. The normalized spacial score (nSPS) is 11.7. The number of hydrogen-bond acceptors (Lipinski definition) is 4. The maximum atomic E-state index is 14.7. The van der Waals surface area contributed by atoms with Crippen molar-refractivity contribution in [2.75, 3.05) is 23.3 Å². The SMILES string of the molecule is CCCS(=O)(=O)Nc1ccc(-c2c(N)c3ccc(OC)cc3n2CC)cc1F. The van der Waals surface area contributed by atoms with Crippen molar-refractivity contribution < 1.29 is 17.5 Å². The first-order valence-electron chi connectivity index (χ1n) is 9.07. The van der Waals surface area contributed by atoms with Crippen molar-refractivity contribution in [3.8, 4) is 17.0 Å². The van der Waals surface area contributed by atoms with Crippen LogP contribution in [-0.4, -0.2) is 25.8 Å². The predicted octanol–water partition coefficient (Wildman–Crippen LogP) is 4.21. The van der Waals surface area contributed by atoms with E-state index < -0.39 is 15.8 Å². The number of nitrogens with zero attached hydrogens (tertiary/aromatic N) is 1. The Morgan fingerprint density at radius 1 is 1.18 bits per heavy atom. The first kappa shape index (κ1) is 20.0. The summed E-state index contributed by atoms with van der Waals surface area (Å²) in [7, 11) is -1.97. The minimum Gasteiger partial charge on any atom is -0.497 e. The fourth-order valence-electron chi connectivity index (χ4n) is 3.36. The van der Waals surface area contributed by atoms with Crippen molar-refractivity contribution in [3.63, 3.8) is 0 Å². The van der Waals surface area contributed by atoms with E-state index >= 15 is 0 Å². The van der Waals surface area contributed by atoms with Gasteiger partial charge in [-0.15, -0.1) is 0 Å². The van der Waals surface area contributed by atoms with Gasteiger partial charge in [-0.2, -0.15) is 0 Å². The maximum Gasteiger partial charge on any atom is 0.232 e. The Kier molecular flexibility index (Phi) is 5.51. The van der Waals surface area contributed by atoms with Crippen LogP contribution in [-0.2, 0) is 16.6 Å². The molecule has 0 atom stereocenters. The fourth-order valence-corrected chi connectivity index (χ4v) is 4.50. The largest absolute Gasteiger partial charge is 0.497 e. The molecule has 28 heavy (non-hydrogen) atoms. The van der Waals surface area contributed by atoms with Crippen molar-refractivity contribution in [3.05, 3.63) is 42.2 Å². The first-order chi connectivity index (χ1) is 13.3. The van der Waals surface area contributed by atoms with E-state index in [2.05, 4.69) is 4.72 Å². The number of fused-ring (bicyclic) bond motifs is 1. The summed E-state index contributed by atoms with van der Waals surface area (Å²) < 4.78 is 48.1. The molecule has 6 nitrogen and oxygen atoms in total. The molecule has 0 bridgehead atoms. The second-order valence-corrected chi connectivity index (χ2v) is 8.35. The first-order valence-corrected chi connectivity index (χ1v) is 10.7. The monoisotopic (exact) mass is 405 g/mol. The van der Waals surface area contributed by atoms with E-state index in [1.807, 2.05) is 29.7 Å². The number of nitrogens with one attached hydrogen (secondary N) is 1. The Labute approximate surface area is 164 Å². The molecule has 150 valence electrons. The number of nitrogens with two attached hydrogens (primary N) is 1. The van der Waals surface area contributed by atoms with Crippen molar-refractivity contribution in [1.29, 1.82) is 0 Å². The standard InChI is InChI=1S/C20H24FN3O3S/c1-4-10-28(25,26)23-17-9-6-13(11-16(17)21)20-19(22)15-8-7-14(27-3)12-18(15)24(20)5-2/h6-9,11-12,23H,4-5,10,22H2,1-3H3. The Morgan fingerprint density at radius 2 is 1.93 bits per heavy atom. The van der Waals surface area contributed by atoms with Gasteiger partial charge in [-0.25, -0.2) is 12.8 Å². The molecule has 3 N–H and O–H groups in total. The number of methoxy groups -OCH3 is 1. The van der Waals surface area contributed by atoms with Crippen LogP contribution in [0.15, 0.2) is 36.4 Å². The number of aromatic nitrogens is 1. The topological polar surface area (TPSA) is 86.3 Å². The van der Waals surface area contributed by atoms with Crippen LogP contribution in [0.4, 0.5) is 15.8 Å². The summed E-state index contributed by atoms with van der Waals surface area (Å²) in [5.74, 6) is -0.00673. The fraction of sp³-hybridized carbons (Fsp3) is 0.300. The van der Waals surface area contributed by atoms with Gasteiger partial charge in [0.05, 0.1) is 35.4 Å². The van der Waals surface area contributed by atoms with E-state index in [9.17, 15) is 12.8 Å². The molecule has 0 radical (unpaired) electrons. The van der Waals surface area contributed by atoms with E-state index in [0.29, 0.717) is 35.7 Å². The lowest BCUT2D eigenvalue weighted by Gasteiger charge is -2.12. The molecule has 0 saturated heterocycles. The quantitative estimate of drug-likeness (QED) is 0.616. The van der Waals surface area contributed by atoms with Gasteiger partial charge in [-0.1, -0.05) is 13.0 Å². The lowest BCUT2D eigenvalue weighted by atomic mass is 10.1. The summed E-state index contributed by atoms with van der Waals surface area (Å²) in [5.41, 5.74) is 8.99. The highest BCUT2D eigenvalue weighted by Crippen LogP contribution is 2.38. The van der Waals surface area contributed by atoms with Gasteiger partial charge in [0.1, 0.15) is 11.6 Å². The number of anilines is 2. The summed E-state index contributed by atoms with van der Waals surface area (Å²) in [4.78, 5) is 0. The van der Waals surface area contributed by atoms with E-state index in [4.69, 9.17) is 10.5 Å². The van der Waals surface area contributed by atoms with Crippen molar-refractivity contribution in [2.24, 2.45) is 0 Å². The lowest BCUT2D eigenvalue weighted by molar-refractivity contribution is 0.415. The molecular formula is C20H24FN3O3S. The molecule has 3 rings (SSSR count). The van der Waals surface area contributed by atoms with Crippen molar-refractivity contribution in [2.45, 2.75) is 26.8 Å². The molecule has 0 aliphatic carbocycles. The van der Waals surface area contributed by atoms with E-state index in [1.165, 1.54) is 12.1 Å². The summed E-state index contributed by atoms with van der Waals surface area (Å²) >= 11 is 0. The Bertz CT molecular complexity index is 1120. The third-order valence-electron chi connectivity index (χ3n) is 4.61. The van der Waals surface area contributed by atoms with Gasteiger partial charge in [0.2, 0.25) is 10.0 Å². The van der Waals surface area contributed by atoms with Crippen molar-refractivity contribution >= 4 is 32.3 Å². The van der Waals surface area contributed by atoms with Gasteiger partial charge in [0.25, 0.3) is 0 Å². The molecule has 0 aliphatic rings. The number of benzene rings is 2. The number of halogens is 1. The Hall–Kier alpha value is -2.74. The van der Waals surface area contributed by atoms with E-state index in [0.717, 1.165) is 10.9 Å². The number of aryl methyl sites for hydroxylation is 1. The van der Waals surface area contributed by atoms with Crippen LogP contribution in [0, 0.1) is 5.82 Å². The maximum absolute atomic E-state index is 14.7. The number of rotatable bonds is 7. The minimum absolute atomic E-state index is 0.0625. The second-order valence-electron chi connectivity index (χ2n) is 6.51. The Morgan fingerprint density at radius 3 is 2.54 bits per heavy atom. The molecule has 2 aromatic carbocycles. The number of hydrogen-bond donors (Lipinski definition) is 2. The molecule has 1 heterocycles. The summed E-state index contributed by atoms with van der Waals surface area (Å²) in [5, 5.41) is 0.853. The smallest absolute Gasteiger partial charge is 0.232 e. The van der Waals surface area contributed by atoms with Gasteiger partial charge in [-0.3, -0.25) is 4.72 Å². The lowest BCUT2D eigenvalue weighted by Crippen LogP contribution is -2.17. The van der Waals surface area contributed by atoms with Gasteiger partial charge >= 0.3 is 0 Å². The van der Waals surface area contributed by atoms with Crippen LogP contribution < -0.4 is 15.2 Å². The van der Waals surface area contributed by atoms with Crippen LogP contribution in [0.3, 0.4) is 0 Å². The van der Waals surface area contributed by atoms with Crippen LogP contribution in [0.2, 0.25) is 0 Å². The van der Waals surface area contributed by atoms with Crippen LogP contribution >= 0.6 is 0 Å². The van der Waals surface area contributed by atoms with Gasteiger partial charge < -0.3 is 15.0 Å². The average Bonchev–Trinajstić information content (AvgIpc) is 2.94. The van der Waals surface area contributed by atoms with E-state index in [-0.39, 0.29) is 11.4 Å². The molecule has 0 spiro atoms. The molecular weight excluding hydrogens is 381 g/mol. The molecule has 0 fully saturated rings. The number of sulfonamides is 1. The zero-order chi connectivity index (χ0) is 20.5. The summed E-state index contributed by atoms with van der Waals surface area (Å²) in [6.07, 6.45) is 0.450. The number of nitrogen functional groups attached to an aromatic ring is 1. The second kappa shape index (κ2) is 7.71. The predicted molar refractivity (Wildman–Crippen MR) is 112 cm³/mol. The van der Waals surface area contributed by atoms with Crippen LogP contribution in [0.25, 0.3) is 22.2 Å². The van der Waals surface area contributed by atoms with Gasteiger partial charge in [0, 0.05) is 23.6 Å². The van der Waals surface area contributed by atoms with Gasteiger partial charge in [0.15, 0.2) is 0 Å². The molecule has 0 saturated carbocycles. The molecule has 0 aliphatic heterocycles. The number of ether oxygens (including phenoxy) is 1. The molecule has 1 aromatic heterocycles. The highest BCUT2D eigenvalue weighted by Gasteiger charge is 2.19. The minimum atomic E-state index is -3.57. The van der Waals surface area contributed by atoms with Crippen LogP contribution in [0.1, 0.15) is 20.3 Å². The van der Waals surface area contributed by atoms with Crippen molar-refractivity contribution in [1.82, 2.24) is 4.57 Å². The van der Waals surface area contributed by atoms with Gasteiger partial charge in [-0.05, 0) is 37.6 Å². The zero-order valence-corrected chi connectivity index (χ0v) is 16.9. The average molecular weight is 405 g/mol. The third kappa shape index (κ3) is 3.64. The Balaban J connectivity index is 2.10. The highest BCUT2D eigenvalue weighted by atomic mass is 32.2. The highest BCUT2D eigenvalue weighted by molar-refractivity contribution is 7.92. The molecule has 8 heteroatoms.